The number of fused-ring (bicyclic) bond motifs is 2. The van der Waals surface area contributed by atoms with Gasteiger partial charge < -0.3 is 20.9 Å². The zero-order valence-corrected chi connectivity index (χ0v) is 34.2. The van der Waals surface area contributed by atoms with Gasteiger partial charge in [-0.25, -0.2) is 17.8 Å². The predicted octanol–water partition coefficient (Wildman–Crippen LogP) is 8.49. The number of nitrogens with one attached hydrogen (secondary N) is 1. The summed E-state index contributed by atoms with van der Waals surface area (Å²) >= 11 is 1.49. The number of aromatic nitrogens is 6. The van der Waals surface area contributed by atoms with Crippen LogP contribution in [0, 0.1) is 11.6 Å². The summed E-state index contributed by atoms with van der Waals surface area (Å²) in [5, 5.41) is 21.7. The molecule has 308 valence electrons. The van der Waals surface area contributed by atoms with E-state index in [1.165, 1.54) is 64.8 Å². The maximum Gasteiger partial charge on any atom is 0.258 e. The van der Waals surface area contributed by atoms with E-state index in [0.29, 0.717) is 28.1 Å². The van der Waals surface area contributed by atoms with Crippen LogP contribution >= 0.6 is 11.3 Å². The largest absolute Gasteiger partial charge is 0.366 e. The summed E-state index contributed by atoms with van der Waals surface area (Å²) in [6, 6.07) is 33.3. The molecular formula is C46H36F2N10O3S. The molecule has 5 aromatic heterocycles. The lowest BCUT2D eigenvalue weighted by atomic mass is 10.0. The van der Waals surface area contributed by atoms with Crippen molar-refractivity contribution in [2.45, 2.75) is 0 Å². The molecule has 0 saturated carbocycles. The van der Waals surface area contributed by atoms with Crippen LogP contribution < -0.4 is 20.9 Å². The van der Waals surface area contributed by atoms with Crippen molar-refractivity contribution < 1.29 is 23.2 Å². The molecule has 62 heavy (non-hydrogen) atoms. The van der Waals surface area contributed by atoms with E-state index >= 15 is 0 Å². The lowest BCUT2D eigenvalue weighted by molar-refractivity contribution is 0.0985. The van der Waals surface area contributed by atoms with E-state index in [-0.39, 0.29) is 17.6 Å². The van der Waals surface area contributed by atoms with E-state index < -0.39 is 11.7 Å². The van der Waals surface area contributed by atoms with Gasteiger partial charge in [-0.05, 0) is 96.1 Å². The van der Waals surface area contributed by atoms with Crippen LogP contribution in [0.1, 0.15) is 31.1 Å². The van der Waals surface area contributed by atoms with E-state index in [9.17, 15) is 23.2 Å². The summed E-state index contributed by atoms with van der Waals surface area (Å²) in [7, 11) is 5.18. The zero-order valence-electron chi connectivity index (χ0n) is 33.4. The minimum atomic E-state index is -0.486. The van der Waals surface area contributed by atoms with E-state index in [4.69, 9.17) is 5.73 Å². The summed E-state index contributed by atoms with van der Waals surface area (Å²) in [5.74, 6) is -1.72. The molecule has 0 aliphatic rings. The van der Waals surface area contributed by atoms with Crippen molar-refractivity contribution in [3.8, 4) is 32.8 Å². The van der Waals surface area contributed by atoms with Crippen LogP contribution in [0.4, 0.5) is 25.3 Å². The van der Waals surface area contributed by atoms with Crippen molar-refractivity contribution in [2.24, 2.45) is 5.73 Å². The first-order chi connectivity index (χ1) is 30.0. The molecule has 5 heterocycles. The topological polar surface area (TPSA) is 156 Å². The molecule has 0 aliphatic carbocycles. The van der Waals surface area contributed by atoms with Gasteiger partial charge in [-0.15, -0.1) is 10.2 Å². The summed E-state index contributed by atoms with van der Waals surface area (Å²) in [6.45, 7) is 0. The Morgan fingerprint density at radius 1 is 0.597 bits per heavy atom. The second-order valence-corrected chi connectivity index (χ2v) is 14.9. The fourth-order valence-electron chi connectivity index (χ4n) is 6.66. The van der Waals surface area contributed by atoms with Gasteiger partial charge in [0.1, 0.15) is 16.6 Å². The Morgan fingerprint density at radius 2 is 1.02 bits per heavy atom. The molecule has 9 aromatic rings. The number of benzene rings is 4. The van der Waals surface area contributed by atoms with Crippen molar-refractivity contribution in [3.05, 3.63) is 174 Å². The molecule has 0 radical (unpaired) electrons. The third-order valence-electron chi connectivity index (χ3n) is 10.1. The molecule has 0 bridgehead atoms. The highest BCUT2D eigenvalue weighted by Gasteiger charge is 2.18. The van der Waals surface area contributed by atoms with E-state index in [1.54, 1.807) is 76.9 Å². The zero-order chi connectivity index (χ0) is 43.5. The Bertz CT molecular complexity index is 3070. The van der Waals surface area contributed by atoms with Crippen molar-refractivity contribution >= 4 is 56.6 Å². The summed E-state index contributed by atoms with van der Waals surface area (Å²) < 4.78 is 29.8. The number of hydrogen-bond acceptors (Lipinski definition) is 9. The number of anilines is 3. The van der Waals surface area contributed by atoms with Gasteiger partial charge in [-0.1, -0.05) is 47.7 Å². The Kier molecular flexibility index (Phi) is 11.3. The lowest BCUT2D eigenvalue weighted by Crippen LogP contribution is -2.26. The van der Waals surface area contributed by atoms with Crippen molar-refractivity contribution in [1.29, 1.82) is 0 Å². The van der Waals surface area contributed by atoms with E-state index in [0.717, 1.165) is 49.0 Å². The molecule has 0 unspecified atom stereocenters. The third-order valence-corrected chi connectivity index (χ3v) is 11.1. The number of primary amides is 1. The maximum atomic E-state index is 13.2. The summed E-state index contributed by atoms with van der Waals surface area (Å²) in [5.41, 5.74) is 14.2. The van der Waals surface area contributed by atoms with Gasteiger partial charge in [0.15, 0.2) is 0 Å². The molecule has 0 atom stereocenters. The van der Waals surface area contributed by atoms with Crippen molar-refractivity contribution in [1.82, 2.24) is 29.4 Å². The highest BCUT2D eigenvalue weighted by atomic mass is 32.1. The quantitative estimate of drug-likeness (QED) is 0.147. The van der Waals surface area contributed by atoms with Crippen molar-refractivity contribution in [3.63, 3.8) is 0 Å². The van der Waals surface area contributed by atoms with Crippen LogP contribution in [0.3, 0.4) is 0 Å². The molecule has 16 heteroatoms. The summed E-state index contributed by atoms with van der Waals surface area (Å²) in [4.78, 5) is 39.9. The first-order valence-corrected chi connectivity index (χ1v) is 19.8. The monoisotopic (exact) mass is 846 g/mol. The highest BCUT2D eigenvalue weighted by Crippen LogP contribution is 2.32. The van der Waals surface area contributed by atoms with Gasteiger partial charge in [0.05, 0.1) is 23.4 Å². The van der Waals surface area contributed by atoms with Crippen LogP contribution in [-0.2, 0) is 0 Å². The Hall–Kier alpha value is -8.11. The van der Waals surface area contributed by atoms with Gasteiger partial charge in [0.2, 0.25) is 11.0 Å². The minimum absolute atomic E-state index is 0.220. The molecule has 0 spiro atoms. The number of amides is 3. The average molecular weight is 847 g/mol. The number of hydrogen-bond donors (Lipinski definition) is 2. The number of halogens is 2. The summed E-state index contributed by atoms with van der Waals surface area (Å²) in [6.07, 6.45) is 7.11. The predicted molar refractivity (Wildman–Crippen MR) is 236 cm³/mol. The second kappa shape index (κ2) is 17.2. The second-order valence-electron chi connectivity index (χ2n) is 14.0. The highest BCUT2D eigenvalue weighted by molar-refractivity contribution is 7.18. The van der Waals surface area contributed by atoms with Crippen LogP contribution in [0.15, 0.2) is 146 Å². The molecule has 3 amide bonds. The number of nitrogens with zero attached hydrogens (tertiary/aromatic N) is 8. The average Bonchev–Trinajstić information content (AvgIpc) is 4.08. The Morgan fingerprint density at radius 3 is 1.44 bits per heavy atom. The van der Waals surface area contributed by atoms with Gasteiger partial charge >= 0.3 is 0 Å². The number of carbonyl (C=O) groups is 3. The van der Waals surface area contributed by atoms with Gasteiger partial charge in [0.25, 0.3) is 11.8 Å². The Balaban J connectivity index is 0.000000172. The molecule has 13 nitrogen and oxygen atoms in total. The van der Waals surface area contributed by atoms with Crippen LogP contribution in [-0.4, -0.2) is 68.3 Å². The molecular weight excluding hydrogens is 811 g/mol. The van der Waals surface area contributed by atoms with Gasteiger partial charge in [-0.3, -0.25) is 14.4 Å². The number of carbonyl (C=O) groups excluding carboxylic acids is 3. The van der Waals surface area contributed by atoms with Crippen molar-refractivity contribution in [2.75, 3.05) is 36.3 Å². The first-order valence-electron chi connectivity index (χ1n) is 19.0. The molecule has 9 rings (SSSR count). The fraction of sp³-hybridized carbons (Fsp3) is 0.0652. The fourth-order valence-corrected chi connectivity index (χ4v) is 7.36. The standard InChI is InChI=1S/C24H19FN6OS.C22H17FN4O2/c1-26-24-29-28-22(33-24)16-5-3-15(4-6-16)20-14-27-31-12-11-19(13-21(20)31)30(2)23(32)17-7-9-18(25)10-8-17;1-26(22(29)16-6-8-17(23)9-7-16)18-10-11-27-20(12-18)19(13-25-27)14-2-4-15(5-3-14)21(24)28/h3-14H,1-2H3,(H,26,29);2-13H,1H3,(H2,24,28). The molecule has 3 N–H and O–H groups in total. The Labute approximate surface area is 357 Å². The number of rotatable bonds is 9. The lowest BCUT2D eigenvalue weighted by Gasteiger charge is -2.18. The number of nitrogens with two attached hydrogens (primary N) is 1. The molecule has 4 aromatic carbocycles. The van der Waals surface area contributed by atoms with Gasteiger partial charge in [-0.2, -0.15) is 10.2 Å². The maximum absolute atomic E-state index is 13.2. The van der Waals surface area contributed by atoms with Crippen LogP contribution in [0.2, 0.25) is 0 Å². The van der Waals surface area contributed by atoms with Crippen LogP contribution in [0.5, 0.6) is 0 Å². The van der Waals surface area contributed by atoms with Crippen LogP contribution in [0.25, 0.3) is 43.9 Å². The van der Waals surface area contributed by atoms with E-state index in [1.807, 2.05) is 55.7 Å². The normalized spacial score (nSPS) is 10.9. The smallest absolute Gasteiger partial charge is 0.258 e. The minimum Gasteiger partial charge on any atom is -0.366 e. The third kappa shape index (κ3) is 8.35. The first kappa shape index (κ1) is 40.7. The van der Waals surface area contributed by atoms with E-state index in [2.05, 4.69) is 25.7 Å². The molecule has 0 fully saturated rings. The SMILES string of the molecule is CN(C(=O)c1ccc(F)cc1)c1ccn2ncc(-c3ccc(C(N)=O)cc3)c2c1.CNc1nnc(-c2ccc(-c3cnn4ccc(N(C)C(=O)c5ccc(F)cc5)cc34)cc2)s1. The molecule has 0 saturated heterocycles. The van der Waals surface area contributed by atoms with Gasteiger partial charge in [0, 0.05) is 78.3 Å². The number of pyridine rings is 2. The molecule has 0 aliphatic heterocycles.